The molecule has 8 nitrogen and oxygen atoms in total. The molecule has 2 amide bonds. The lowest BCUT2D eigenvalue weighted by atomic mass is 10.0. The lowest BCUT2D eigenvalue weighted by Gasteiger charge is -2.38. The van der Waals surface area contributed by atoms with E-state index in [-0.39, 0.29) is 29.9 Å². The Morgan fingerprint density at radius 2 is 1.94 bits per heavy atom. The molecule has 10 heteroatoms. The van der Waals surface area contributed by atoms with Gasteiger partial charge in [0.2, 0.25) is 11.8 Å². The number of nitrogens with one attached hydrogen (secondary N) is 3. The lowest BCUT2D eigenvalue weighted by Crippen LogP contribution is -2.58. The third-order valence-electron chi connectivity index (χ3n) is 6.61. The number of carbonyl (C=O) groups excluding carboxylic acids is 2. The molecular formula is C22H31ClN6O2S. The zero-order valence-electron chi connectivity index (χ0n) is 18.3. The van der Waals surface area contributed by atoms with E-state index in [0.29, 0.717) is 29.5 Å². The minimum absolute atomic E-state index is 0.0625. The van der Waals surface area contributed by atoms with Gasteiger partial charge in [0.1, 0.15) is 0 Å². The van der Waals surface area contributed by atoms with E-state index in [4.69, 9.17) is 23.8 Å². The number of hydrogen-bond donors (Lipinski definition) is 3. The van der Waals surface area contributed by atoms with E-state index in [9.17, 15) is 9.59 Å². The summed E-state index contributed by atoms with van der Waals surface area (Å²) in [6, 6.07) is 7.42. The highest BCUT2D eigenvalue weighted by Gasteiger charge is 2.43. The number of carbonyl (C=O) groups is 2. The number of benzene rings is 1. The number of rotatable bonds is 5. The number of fused-ring (bicyclic) bond motifs is 1. The Bertz CT molecular complexity index is 845. The van der Waals surface area contributed by atoms with E-state index < -0.39 is 0 Å². The van der Waals surface area contributed by atoms with E-state index in [1.807, 2.05) is 17.0 Å². The van der Waals surface area contributed by atoms with Crippen LogP contribution in [0.4, 0.5) is 5.69 Å². The maximum Gasteiger partial charge on any atom is 0.237 e. The Morgan fingerprint density at radius 3 is 2.66 bits per heavy atom. The van der Waals surface area contributed by atoms with Crippen LogP contribution in [0.2, 0.25) is 5.02 Å². The average Bonchev–Trinajstić information content (AvgIpc) is 3.19. The van der Waals surface area contributed by atoms with Crippen molar-refractivity contribution in [1.82, 2.24) is 25.3 Å². The molecule has 32 heavy (non-hydrogen) atoms. The number of piperazine rings is 2. The van der Waals surface area contributed by atoms with Gasteiger partial charge in [0.25, 0.3) is 0 Å². The summed E-state index contributed by atoms with van der Waals surface area (Å²) in [5, 5.41) is 10.7. The van der Waals surface area contributed by atoms with Crippen LogP contribution in [0.15, 0.2) is 24.3 Å². The van der Waals surface area contributed by atoms with Crippen molar-refractivity contribution in [2.75, 3.05) is 51.6 Å². The second kappa shape index (κ2) is 10.3. The monoisotopic (exact) mass is 478 g/mol. The number of nitrogens with zero attached hydrogens (tertiary/aromatic N) is 3. The van der Waals surface area contributed by atoms with Gasteiger partial charge in [-0.05, 0) is 56.4 Å². The average molecular weight is 479 g/mol. The molecule has 0 saturated carbocycles. The van der Waals surface area contributed by atoms with Gasteiger partial charge in [0.05, 0.1) is 6.04 Å². The molecule has 0 bridgehead atoms. The van der Waals surface area contributed by atoms with Gasteiger partial charge in [0.15, 0.2) is 5.11 Å². The molecule has 1 aromatic carbocycles. The summed E-state index contributed by atoms with van der Waals surface area (Å²) in [7, 11) is 2.08. The summed E-state index contributed by atoms with van der Waals surface area (Å²) in [6.07, 6.45) is 1.96. The van der Waals surface area contributed by atoms with E-state index in [2.05, 4.69) is 32.8 Å². The molecule has 3 atom stereocenters. The number of thiocarbonyl (C=S) groups is 1. The largest absolute Gasteiger partial charge is 0.358 e. The zero-order valence-corrected chi connectivity index (χ0v) is 19.9. The fraction of sp³-hybridized carbons (Fsp3) is 0.591. The van der Waals surface area contributed by atoms with Crippen molar-refractivity contribution < 1.29 is 9.59 Å². The smallest absolute Gasteiger partial charge is 0.237 e. The summed E-state index contributed by atoms with van der Waals surface area (Å²) in [5.74, 6) is 0.279. The summed E-state index contributed by atoms with van der Waals surface area (Å²) < 4.78 is 0. The first-order valence-corrected chi connectivity index (χ1v) is 12.0. The standard InChI is InChI=1S/C22H31ClN6O2S/c1-27-8-10-28(11-9-27)20(30)7-6-18-13-24-21(31)19-12-17(14-29(18)19)26-22(32)25-16-4-2-15(23)3-5-16/h2-5,17-19H,6-14H2,1H3,(H,24,31)(H2,25,26,32)/t17-,18-,19+/m0/s1. The minimum atomic E-state index is -0.177. The van der Waals surface area contributed by atoms with E-state index in [0.717, 1.165) is 44.8 Å². The van der Waals surface area contributed by atoms with Gasteiger partial charge in [-0.15, -0.1) is 0 Å². The summed E-state index contributed by atoms with van der Waals surface area (Å²) >= 11 is 11.4. The SMILES string of the molecule is CN1CCN(C(=O)CC[C@H]2CNC(=O)[C@H]3C[C@H](NC(=S)Nc4ccc(Cl)cc4)CN23)CC1. The van der Waals surface area contributed by atoms with Crippen LogP contribution in [0.5, 0.6) is 0 Å². The third-order valence-corrected chi connectivity index (χ3v) is 7.08. The molecule has 3 N–H and O–H groups in total. The van der Waals surface area contributed by atoms with Crippen molar-refractivity contribution in [2.45, 2.75) is 37.4 Å². The van der Waals surface area contributed by atoms with Gasteiger partial charge in [-0.25, -0.2) is 0 Å². The van der Waals surface area contributed by atoms with Gasteiger partial charge in [-0.1, -0.05) is 11.6 Å². The van der Waals surface area contributed by atoms with Gasteiger partial charge in [-0.3, -0.25) is 14.5 Å². The highest BCUT2D eigenvalue weighted by atomic mass is 35.5. The molecule has 1 aromatic rings. The number of anilines is 1. The Hall–Kier alpha value is -1.94. The maximum atomic E-state index is 12.7. The van der Waals surface area contributed by atoms with Crippen LogP contribution >= 0.6 is 23.8 Å². The van der Waals surface area contributed by atoms with Gasteiger partial charge >= 0.3 is 0 Å². The van der Waals surface area contributed by atoms with E-state index >= 15 is 0 Å². The summed E-state index contributed by atoms with van der Waals surface area (Å²) in [4.78, 5) is 31.6. The minimum Gasteiger partial charge on any atom is -0.358 e. The van der Waals surface area contributed by atoms with Crippen molar-refractivity contribution in [2.24, 2.45) is 0 Å². The number of halogens is 1. The van der Waals surface area contributed by atoms with E-state index in [1.165, 1.54) is 0 Å². The molecule has 3 saturated heterocycles. The van der Waals surface area contributed by atoms with Crippen molar-refractivity contribution in [3.8, 4) is 0 Å². The molecule has 3 aliphatic heterocycles. The highest BCUT2D eigenvalue weighted by Crippen LogP contribution is 2.26. The second-order valence-electron chi connectivity index (χ2n) is 8.87. The molecular weight excluding hydrogens is 448 g/mol. The molecule has 0 aromatic heterocycles. The Morgan fingerprint density at radius 1 is 1.22 bits per heavy atom. The lowest BCUT2D eigenvalue weighted by molar-refractivity contribution is -0.133. The summed E-state index contributed by atoms with van der Waals surface area (Å²) in [5.41, 5.74) is 0.862. The van der Waals surface area contributed by atoms with Gasteiger partial charge < -0.3 is 25.8 Å². The van der Waals surface area contributed by atoms with Crippen LogP contribution in [0.25, 0.3) is 0 Å². The molecule has 0 spiro atoms. The number of hydrogen-bond acceptors (Lipinski definition) is 5. The highest BCUT2D eigenvalue weighted by molar-refractivity contribution is 7.80. The maximum absolute atomic E-state index is 12.7. The first kappa shape index (κ1) is 23.2. The predicted molar refractivity (Wildman–Crippen MR) is 130 cm³/mol. The van der Waals surface area contributed by atoms with Gasteiger partial charge in [0, 0.05) is 68.5 Å². The van der Waals surface area contributed by atoms with E-state index in [1.54, 1.807) is 12.1 Å². The number of amides is 2. The van der Waals surface area contributed by atoms with Crippen LogP contribution in [-0.4, -0.2) is 96.1 Å². The molecule has 4 rings (SSSR count). The van der Waals surface area contributed by atoms with Crippen molar-refractivity contribution in [3.05, 3.63) is 29.3 Å². The van der Waals surface area contributed by atoms with Crippen molar-refractivity contribution in [1.29, 1.82) is 0 Å². The normalized spacial score (nSPS) is 26.4. The quantitative estimate of drug-likeness (QED) is 0.547. The van der Waals surface area contributed by atoms with Crippen LogP contribution < -0.4 is 16.0 Å². The fourth-order valence-corrected chi connectivity index (χ4v) is 5.15. The molecule has 174 valence electrons. The van der Waals surface area contributed by atoms with Crippen LogP contribution in [-0.2, 0) is 9.59 Å². The van der Waals surface area contributed by atoms with Crippen LogP contribution in [0.3, 0.4) is 0 Å². The fourth-order valence-electron chi connectivity index (χ4n) is 4.74. The van der Waals surface area contributed by atoms with Crippen LogP contribution in [0, 0.1) is 0 Å². The molecule has 3 aliphatic rings. The first-order chi connectivity index (χ1) is 15.4. The van der Waals surface area contributed by atoms with Crippen molar-refractivity contribution in [3.63, 3.8) is 0 Å². The molecule has 3 fully saturated rings. The zero-order chi connectivity index (χ0) is 22.7. The molecule has 0 unspecified atom stereocenters. The summed E-state index contributed by atoms with van der Waals surface area (Å²) in [6.45, 7) is 4.77. The Kier molecular flexibility index (Phi) is 7.50. The first-order valence-electron chi connectivity index (χ1n) is 11.2. The van der Waals surface area contributed by atoms with Gasteiger partial charge in [-0.2, -0.15) is 0 Å². The molecule has 0 aliphatic carbocycles. The Labute approximate surface area is 199 Å². The number of likely N-dealkylation sites (N-methyl/N-ethyl adjacent to an activating group) is 1. The molecule has 3 heterocycles. The topological polar surface area (TPSA) is 79.9 Å². The second-order valence-corrected chi connectivity index (χ2v) is 9.72. The molecule has 0 radical (unpaired) electrons. The third kappa shape index (κ3) is 5.70. The van der Waals surface area contributed by atoms with Crippen LogP contribution in [0.1, 0.15) is 19.3 Å². The Balaban J connectivity index is 1.28. The van der Waals surface area contributed by atoms with Crippen molar-refractivity contribution >= 4 is 46.4 Å². The predicted octanol–water partition coefficient (Wildman–Crippen LogP) is 1.12.